The molecule has 0 aliphatic rings. The SMILES string of the molecule is COc1ccc(Sc2ccc(C(=N)N)cc2Cl)cc1. The topological polar surface area (TPSA) is 59.1 Å². The summed E-state index contributed by atoms with van der Waals surface area (Å²) in [6.07, 6.45) is 0. The first kappa shape index (κ1) is 13.8. The molecule has 0 bridgehead atoms. The lowest BCUT2D eigenvalue weighted by atomic mass is 10.2. The molecule has 0 saturated carbocycles. The molecule has 98 valence electrons. The van der Waals surface area contributed by atoms with Crippen LogP contribution in [-0.4, -0.2) is 12.9 Å². The third-order valence-corrected chi connectivity index (χ3v) is 4.04. The highest BCUT2D eigenvalue weighted by molar-refractivity contribution is 7.99. The standard InChI is InChI=1S/C14H13ClN2OS/c1-18-10-3-5-11(6-4-10)19-13-7-2-9(14(16)17)8-12(13)15/h2-8H,1H3,(H3,16,17). The van der Waals surface area contributed by atoms with Crippen LogP contribution >= 0.6 is 23.4 Å². The van der Waals surface area contributed by atoms with Crippen LogP contribution in [0.3, 0.4) is 0 Å². The number of ether oxygens (including phenoxy) is 1. The molecule has 0 saturated heterocycles. The fraction of sp³-hybridized carbons (Fsp3) is 0.0714. The van der Waals surface area contributed by atoms with Crippen molar-refractivity contribution in [3.8, 4) is 5.75 Å². The van der Waals surface area contributed by atoms with Crippen molar-refractivity contribution in [1.29, 1.82) is 5.41 Å². The molecular formula is C14H13ClN2OS. The Morgan fingerprint density at radius 3 is 2.42 bits per heavy atom. The molecule has 0 aromatic heterocycles. The van der Waals surface area contributed by atoms with E-state index >= 15 is 0 Å². The van der Waals surface area contributed by atoms with Crippen molar-refractivity contribution in [2.24, 2.45) is 5.73 Å². The first-order valence-corrected chi connectivity index (χ1v) is 6.75. The van der Waals surface area contributed by atoms with Crippen LogP contribution in [-0.2, 0) is 0 Å². The molecule has 5 heteroatoms. The lowest BCUT2D eigenvalue weighted by Crippen LogP contribution is -2.10. The second-order valence-corrected chi connectivity index (χ2v) is 5.36. The minimum Gasteiger partial charge on any atom is -0.497 e. The van der Waals surface area contributed by atoms with Crippen molar-refractivity contribution in [3.63, 3.8) is 0 Å². The normalized spacial score (nSPS) is 10.2. The van der Waals surface area contributed by atoms with Gasteiger partial charge in [-0.25, -0.2) is 0 Å². The van der Waals surface area contributed by atoms with E-state index in [4.69, 9.17) is 27.5 Å². The molecule has 3 nitrogen and oxygen atoms in total. The molecule has 2 rings (SSSR count). The average molecular weight is 293 g/mol. The van der Waals surface area contributed by atoms with Crippen molar-refractivity contribution in [1.82, 2.24) is 0 Å². The van der Waals surface area contributed by atoms with E-state index in [1.165, 1.54) is 0 Å². The monoisotopic (exact) mass is 292 g/mol. The van der Waals surface area contributed by atoms with Crippen molar-refractivity contribution in [2.45, 2.75) is 9.79 Å². The molecule has 0 heterocycles. The fourth-order valence-electron chi connectivity index (χ4n) is 1.52. The van der Waals surface area contributed by atoms with Gasteiger partial charge in [-0.1, -0.05) is 29.4 Å². The smallest absolute Gasteiger partial charge is 0.122 e. The highest BCUT2D eigenvalue weighted by atomic mass is 35.5. The first-order valence-electron chi connectivity index (χ1n) is 5.56. The van der Waals surface area contributed by atoms with Crippen LogP contribution in [0.15, 0.2) is 52.3 Å². The van der Waals surface area contributed by atoms with Gasteiger partial charge in [0.25, 0.3) is 0 Å². The van der Waals surface area contributed by atoms with Gasteiger partial charge in [0.05, 0.1) is 12.1 Å². The number of nitrogen functional groups attached to an aromatic ring is 1. The summed E-state index contributed by atoms with van der Waals surface area (Å²) >= 11 is 7.74. The molecular weight excluding hydrogens is 280 g/mol. The molecule has 0 aliphatic heterocycles. The van der Waals surface area contributed by atoms with Gasteiger partial charge in [0.1, 0.15) is 11.6 Å². The summed E-state index contributed by atoms with van der Waals surface area (Å²) in [4.78, 5) is 2.00. The maximum Gasteiger partial charge on any atom is 0.122 e. The van der Waals surface area contributed by atoms with Crippen molar-refractivity contribution >= 4 is 29.2 Å². The number of methoxy groups -OCH3 is 1. The van der Waals surface area contributed by atoms with Crippen LogP contribution in [0.4, 0.5) is 0 Å². The van der Waals surface area contributed by atoms with E-state index in [1.807, 2.05) is 30.3 Å². The van der Waals surface area contributed by atoms with Gasteiger partial charge in [0, 0.05) is 15.4 Å². The summed E-state index contributed by atoms with van der Waals surface area (Å²) in [5.41, 5.74) is 6.05. The van der Waals surface area contributed by atoms with Crippen LogP contribution in [0.25, 0.3) is 0 Å². The third-order valence-electron chi connectivity index (χ3n) is 2.53. The van der Waals surface area contributed by atoms with Gasteiger partial charge in [-0.05, 0) is 36.4 Å². The van der Waals surface area contributed by atoms with Gasteiger partial charge < -0.3 is 10.5 Å². The molecule has 0 unspecified atom stereocenters. The van der Waals surface area contributed by atoms with E-state index in [-0.39, 0.29) is 5.84 Å². The number of benzene rings is 2. The number of rotatable bonds is 4. The molecule has 3 N–H and O–H groups in total. The van der Waals surface area contributed by atoms with Crippen LogP contribution in [0.2, 0.25) is 5.02 Å². The largest absolute Gasteiger partial charge is 0.497 e. The molecule has 2 aromatic rings. The zero-order chi connectivity index (χ0) is 13.8. The summed E-state index contributed by atoms with van der Waals surface area (Å²) < 4.78 is 5.11. The molecule has 0 atom stereocenters. The predicted molar refractivity (Wildman–Crippen MR) is 79.6 cm³/mol. The third kappa shape index (κ3) is 3.43. The van der Waals surface area contributed by atoms with Gasteiger partial charge in [0.15, 0.2) is 0 Å². The minimum absolute atomic E-state index is 0.0166. The minimum atomic E-state index is 0.0166. The van der Waals surface area contributed by atoms with Crippen LogP contribution in [0.1, 0.15) is 5.56 Å². The maximum atomic E-state index is 7.37. The highest BCUT2D eigenvalue weighted by Crippen LogP contribution is 2.34. The van der Waals surface area contributed by atoms with Gasteiger partial charge in [-0.3, -0.25) is 5.41 Å². The van der Waals surface area contributed by atoms with Crippen molar-refractivity contribution < 1.29 is 4.74 Å². The molecule has 19 heavy (non-hydrogen) atoms. The first-order chi connectivity index (χ1) is 9.10. The van der Waals surface area contributed by atoms with Crippen LogP contribution in [0, 0.1) is 5.41 Å². The second kappa shape index (κ2) is 5.99. The Morgan fingerprint density at radius 2 is 1.89 bits per heavy atom. The lowest BCUT2D eigenvalue weighted by Gasteiger charge is -2.07. The van der Waals surface area contributed by atoms with E-state index in [1.54, 1.807) is 31.0 Å². The highest BCUT2D eigenvalue weighted by Gasteiger charge is 2.06. The van der Waals surface area contributed by atoms with E-state index in [0.29, 0.717) is 10.6 Å². The fourth-order valence-corrected chi connectivity index (χ4v) is 2.64. The molecule has 2 aromatic carbocycles. The van der Waals surface area contributed by atoms with Crippen LogP contribution < -0.4 is 10.5 Å². The Morgan fingerprint density at radius 1 is 1.21 bits per heavy atom. The van der Waals surface area contributed by atoms with Gasteiger partial charge in [-0.15, -0.1) is 0 Å². The van der Waals surface area contributed by atoms with Crippen molar-refractivity contribution in [3.05, 3.63) is 53.1 Å². The molecule has 0 aliphatic carbocycles. The summed E-state index contributed by atoms with van der Waals surface area (Å²) in [5, 5.41) is 7.96. The predicted octanol–water partition coefficient (Wildman–Crippen LogP) is 3.78. The quantitative estimate of drug-likeness (QED) is 0.666. The number of nitrogens with two attached hydrogens (primary N) is 1. The second-order valence-electron chi connectivity index (χ2n) is 3.84. The van der Waals surface area contributed by atoms with E-state index in [9.17, 15) is 0 Å². The summed E-state index contributed by atoms with van der Waals surface area (Å²) in [7, 11) is 1.64. The molecule has 0 fully saturated rings. The summed E-state index contributed by atoms with van der Waals surface area (Å²) in [6, 6.07) is 13.1. The number of amidine groups is 1. The zero-order valence-electron chi connectivity index (χ0n) is 10.3. The van der Waals surface area contributed by atoms with Gasteiger partial charge in [-0.2, -0.15) is 0 Å². The van der Waals surface area contributed by atoms with E-state index < -0.39 is 0 Å². The van der Waals surface area contributed by atoms with E-state index in [2.05, 4.69) is 0 Å². The maximum absolute atomic E-state index is 7.37. The Bertz CT molecular complexity index is 599. The Kier molecular flexibility index (Phi) is 4.35. The van der Waals surface area contributed by atoms with Gasteiger partial charge >= 0.3 is 0 Å². The Labute approximate surface area is 121 Å². The number of hydrogen-bond acceptors (Lipinski definition) is 3. The zero-order valence-corrected chi connectivity index (χ0v) is 11.9. The van der Waals surface area contributed by atoms with Crippen LogP contribution in [0.5, 0.6) is 5.75 Å². The summed E-state index contributed by atoms with van der Waals surface area (Å²) in [6.45, 7) is 0. The molecule has 0 radical (unpaired) electrons. The lowest BCUT2D eigenvalue weighted by molar-refractivity contribution is 0.414. The number of halogens is 1. The number of hydrogen-bond donors (Lipinski definition) is 2. The Balaban J connectivity index is 2.20. The average Bonchev–Trinajstić information content (AvgIpc) is 2.41. The number of nitrogens with one attached hydrogen (secondary N) is 1. The molecule has 0 spiro atoms. The van der Waals surface area contributed by atoms with Gasteiger partial charge in [0.2, 0.25) is 0 Å². The summed E-state index contributed by atoms with van der Waals surface area (Å²) in [5.74, 6) is 0.838. The Hall–Kier alpha value is -1.65. The van der Waals surface area contributed by atoms with E-state index in [0.717, 1.165) is 15.5 Å². The molecule has 0 amide bonds. The van der Waals surface area contributed by atoms with Crippen molar-refractivity contribution in [2.75, 3.05) is 7.11 Å².